The van der Waals surface area contributed by atoms with Gasteiger partial charge in [0.05, 0.1) is 19.9 Å². The summed E-state index contributed by atoms with van der Waals surface area (Å²) in [7, 11) is 3.08. The number of furan rings is 1. The molecular weight excluding hydrogens is 334 g/mol. The van der Waals surface area contributed by atoms with Gasteiger partial charge in [0.2, 0.25) is 0 Å². The molecule has 0 spiro atoms. The molecule has 0 saturated carbocycles. The van der Waals surface area contributed by atoms with Gasteiger partial charge in [0.1, 0.15) is 29.6 Å². The zero-order valence-electron chi connectivity index (χ0n) is 14.5. The van der Waals surface area contributed by atoms with Gasteiger partial charge in [-0.2, -0.15) is 0 Å². The molecule has 0 bridgehead atoms. The number of ether oxygens (including phenoxy) is 2. The molecule has 26 heavy (non-hydrogen) atoms. The topological polar surface area (TPSA) is 80.9 Å². The molecule has 0 fully saturated rings. The quantitative estimate of drug-likeness (QED) is 0.706. The van der Waals surface area contributed by atoms with Crippen LogP contribution >= 0.6 is 0 Å². The monoisotopic (exact) mass is 353 g/mol. The second kappa shape index (κ2) is 7.76. The van der Waals surface area contributed by atoms with Crippen molar-refractivity contribution in [2.45, 2.75) is 6.61 Å². The minimum Gasteiger partial charge on any atom is -0.497 e. The van der Waals surface area contributed by atoms with Crippen molar-refractivity contribution < 1.29 is 23.8 Å². The number of nitrogens with one attached hydrogen (secondary N) is 1. The summed E-state index contributed by atoms with van der Waals surface area (Å²) in [5.41, 5.74) is 1.74. The molecule has 1 heterocycles. The molecule has 0 aliphatic rings. The van der Waals surface area contributed by atoms with Gasteiger partial charge in [0.15, 0.2) is 0 Å². The zero-order valence-corrected chi connectivity index (χ0v) is 14.5. The lowest BCUT2D eigenvalue weighted by molar-refractivity contribution is 0.102. The van der Waals surface area contributed by atoms with Gasteiger partial charge in [-0.1, -0.05) is 6.07 Å². The smallest absolute Gasteiger partial charge is 0.255 e. The second-order valence-electron chi connectivity index (χ2n) is 5.53. The van der Waals surface area contributed by atoms with Crippen LogP contribution in [0.4, 0.5) is 5.69 Å². The van der Waals surface area contributed by atoms with Gasteiger partial charge in [-0.3, -0.25) is 4.79 Å². The number of hydrogen-bond donors (Lipinski definition) is 2. The summed E-state index contributed by atoms with van der Waals surface area (Å²) in [6.07, 6.45) is 0. The van der Waals surface area contributed by atoms with Crippen molar-refractivity contribution in [3.63, 3.8) is 0 Å². The van der Waals surface area contributed by atoms with Gasteiger partial charge in [-0.05, 0) is 48.5 Å². The van der Waals surface area contributed by atoms with Crippen molar-refractivity contribution in [2.75, 3.05) is 19.5 Å². The van der Waals surface area contributed by atoms with Crippen molar-refractivity contribution in [1.29, 1.82) is 0 Å². The summed E-state index contributed by atoms with van der Waals surface area (Å²) in [6, 6.07) is 15.7. The fraction of sp³-hybridized carbons (Fsp3) is 0.150. The number of rotatable bonds is 6. The Bertz CT molecular complexity index is 916. The van der Waals surface area contributed by atoms with Gasteiger partial charge < -0.3 is 24.3 Å². The summed E-state index contributed by atoms with van der Waals surface area (Å²) in [5.74, 6) is 1.91. The van der Waals surface area contributed by atoms with Gasteiger partial charge in [0.25, 0.3) is 5.91 Å². The van der Waals surface area contributed by atoms with Crippen LogP contribution in [0.25, 0.3) is 11.3 Å². The van der Waals surface area contributed by atoms with Crippen molar-refractivity contribution in [3.8, 4) is 22.8 Å². The van der Waals surface area contributed by atoms with Gasteiger partial charge in [0, 0.05) is 11.1 Å². The molecule has 2 N–H and O–H groups in total. The first-order valence-corrected chi connectivity index (χ1v) is 7.98. The van der Waals surface area contributed by atoms with Crippen LogP contribution in [-0.4, -0.2) is 25.2 Å². The first-order chi connectivity index (χ1) is 12.6. The van der Waals surface area contributed by atoms with Crippen LogP contribution in [0.15, 0.2) is 59.0 Å². The Labute approximate surface area is 151 Å². The highest BCUT2D eigenvalue weighted by molar-refractivity contribution is 6.05. The normalized spacial score (nSPS) is 10.4. The third kappa shape index (κ3) is 3.70. The number of amides is 1. The lowest BCUT2D eigenvalue weighted by atomic mass is 10.1. The molecule has 6 heteroatoms. The number of methoxy groups -OCH3 is 2. The molecule has 1 aromatic heterocycles. The van der Waals surface area contributed by atoms with Crippen LogP contribution < -0.4 is 14.8 Å². The Hall–Kier alpha value is -3.25. The van der Waals surface area contributed by atoms with E-state index in [4.69, 9.17) is 19.0 Å². The average molecular weight is 353 g/mol. The first-order valence-electron chi connectivity index (χ1n) is 7.98. The molecule has 3 rings (SSSR count). The highest BCUT2D eigenvalue weighted by Gasteiger charge is 2.13. The average Bonchev–Trinajstić information content (AvgIpc) is 3.17. The number of anilines is 1. The van der Waals surface area contributed by atoms with Crippen LogP contribution in [0.2, 0.25) is 0 Å². The standard InChI is InChI=1S/C20H19NO5/c1-24-15-5-3-4-14(10-15)20(23)21-17-11-13(6-8-19(17)25-2)18-9-7-16(12-22)26-18/h3-11,22H,12H2,1-2H3,(H,21,23). The van der Waals surface area contributed by atoms with E-state index in [1.54, 1.807) is 55.6 Å². The molecular formula is C20H19NO5. The Morgan fingerprint density at radius 1 is 1.08 bits per heavy atom. The Kier molecular flexibility index (Phi) is 5.24. The molecule has 2 aromatic carbocycles. The lowest BCUT2D eigenvalue weighted by Gasteiger charge is -2.12. The van der Waals surface area contributed by atoms with E-state index >= 15 is 0 Å². The highest BCUT2D eigenvalue weighted by atomic mass is 16.5. The Morgan fingerprint density at radius 2 is 1.92 bits per heavy atom. The summed E-state index contributed by atoms with van der Waals surface area (Å²) in [6.45, 7) is -0.171. The van der Waals surface area contributed by atoms with Crippen LogP contribution in [0.1, 0.15) is 16.1 Å². The number of aliphatic hydroxyl groups excluding tert-OH is 1. The number of carbonyl (C=O) groups is 1. The maximum Gasteiger partial charge on any atom is 0.255 e. The Balaban J connectivity index is 1.90. The number of carbonyl (C=O) groups excluding carboxylic acids is 1. The predicted octanol–water partition coefficient (Wildman–Crippen LogP) is 3.71. The first kappa shape index (κ1) is 17.6. The molecule has 0 aliphatic heterocycles. The fourth-order valence-electron chi connectivity index (χ4n) is 2.54. The van der Waals surface area contributed by atoms with E-state index in [9.17, 15) is 4.79 Å². The van der Waals surface area contributed by atoms with Crippen LogP contribution in [0, 0.1) is 0 Å². The highest BCUT2D eigenvalue weighted by Crippen LogP contribution is 2.32. The predicted molar refractivity (Wildman–Crippen MR) is 97.6 cm³/mol. The van der Waals surface area contributed by atoms with Gasteiger partial charge in [-0.15, -0.1) is 0 Å². The number of benzene rings is 2. The van der Waals surface area contributed by atoms with Crippen molar-refractivity contribution >= 4 is 11.6 Å². The second-order valence-corrected chi connectivity index (χ2v) is 5.53. The van der Waals surface area contributed by atoms with E-state index in [0.29, 0.717) is 34.3 Å². The van der Waals surface area contributed by atoms with Crippen molar-refractivity contribution in [3.05, 3.63) is 65.9 Å². The molecule has 0 unspecified atom stereocenters. The van der Waals surface area contributed by atoms with Crippen molar-refractivity contribution in [1.82, 2.24) is 0 Å². The van der Waals surface area contributed by atoms with Gasteiger partial charge >= 0.3 is 0 Å². The summed E-state index contributed by atoms with van der Waals surface area (Å²) in [5, 5.41) is 12.0. The third-order valence-corrected chi connectivity index (χ3v) is 3.88. The Morgan fingerprint density at radius 3 is 2.62 bits per heavy atom. The van der Waals surface area contributed by atoms with Crippen LogP contribution in [0.5, 0.6) is 11.5 Å². The van der Waals surface area contributed by atoms with E-state index in [1.807, 2.05) is 6.07 Å². The molecule has 0 saturated heterocycles. The minimum absolute atomic E-state index is 0.171. The molecule has 3 aromatic rings. The van der Waals surface area contributed by atoms with Crippen LogP contribution in [0.3, 0.4) is 0 Å². The summed E-state index contributed by atoms with van der Waals surface area (Å²) < 4.78 is 16.0. The van der Waals surface area contributed by atoms with E-state index in [2.05, 4.69) is 5.32 Å². The van der Waals surface area contributed by atoms with Crippen LogP contribution in [-0.2, 0) is 6.61 Å². The van der Waals surface area contributed by atoms with E-state index in [0.717, 1.165) is 5.56 Å². The van der Waals surface area contributed by atoms with E-state index in [-0.39, 0.29) is 12.5 Å². The van der Waals surface area contributed by atoms with Crippen molar-refractivity contribution in [2.24, 2.45) is 0 Å². The maximum absolute atomic E-state index is 12.6. The maximum atomic E-state index is 12.6. The zero-order chi connectivity index (χ0) is 18.5. The van der Waals surface area contributed by atoms with E-state index < -0.39 is 0 Å². The summed E-state index contributed by atoms with van der Waals surface area (Å²) >= 11 is 0. The molecule has 0 aliphatic carbocycles. The van der Waals surface area contributed by atoms with Gasteiger partial charge in [-0.25, -0.2) is 0 Å². The summed E-state index contributed by atoms with van der Waals surface area (Å²) in [4.78, 5) is 12.6. The minimum atomic E-state index is -0.283. The number of aliphatic hydroxyl groups is 1. The molecule has 0 atom stereocenters. The lowest BCUT2D eigenvalue weighted by Crippen LogP contribution is -2.12. The third-order valence-electron chi connectivity index (χ3n) is 3.88. The molecule has 6 nitrogen and oxygen atoms in total. The van der Waals surface area contributed by atoms with E-state index in [1.165, 1.54) is 7.11 Å². The largest absolute Gasteiger partial charge is 0.497 e. The molecule has 0 radical (unpaired) electrons. The SMILES string of the molecule is COc1cccc(C(=O)Nc2cc(-c3ccc(CO)o3)ccc2OC)c1. The fourth-order valence-corrected chi connectivity index (χ4v) is 2.54. The molecule has 1 amide bonds. The number of hydrogen-bond acceptors (Lipinski definition) is 5. The molecule has 134 valence electrons.